The number of ether oxygens (including phenoxy) is 2. The first-order chi connectivity index (χ1) is 9.33. The SMILES string of the molecule is CCC1(CC[C@@H](CC=O)N[S@@+]([O-])C(C)(C)C)OCCO1. The molecule has 0 radical (unpaired) electrons. The Morgan fingerprint density at radius 3 is 2.45 bits per heavy atom. The fourth-order valence-corrected chi connectivity index (χ4v) is 2.96. The smallest absolute Gasteiger partial charge is 0.168 e. The molecule has 1 saturated heterocycles. The van der Waals surface area contributed by atoms with Crippen molar-refractivity contribution < 1.29 is 18.8 Å². The molecule has 1 N–H and O–H groups in total. The highest BCUT2D eigenvalue weighted by Gasteiger charge is 2.36. The van der Waals surface area contributed by atoms with Gasteiger partial charge in [-0.25, -0.2) is 0 Å². The second-order valence-electron chi connectivity index (χ2n) is 6.10. The highest BCUT2D eigenvalue weighted by Crippen LogP contribution is 2.29. The lowest BCUT2D eigenvalue weighted by molar-refractivity contribution is -0.165. The van der Waals surface area contributed by atoms with Gasteiger partial charge in [-0.15, -0.1) is 4.72 Å². The van der Waals surface area contributed by atoms with Gasteiger partial charge in [0.1, 0.15) is 11.0 Å². The molecule has 5 nitrogen and oxygen atoms in total. The third kappa shape index (κ3) is 5.33. The molecule has 0 aromatic rings. The summed E-state index contributed by atoms with van der Waals surface area (Å²) in [6.45, 7) is 8.99. The summed E-state index contributed by atoms with van der Waals surface area (Å²) in [5.74, 6) is -0.522. The van der Waals surface area contributed by atoms with Crippen molar-refractivity contribution in [2.45, 2.75) is 70.0 Å². The highest BCUT2D eigenvalue weighted by molar-refractivity contribution is 7.90. The number of hydrogen-bond acceptors (Lipinski definition) is 5. The first-order valence-electron chi connectivity index (χ1n) is 7.22. The van der Waals surface area contributed by atoms with Gasteiger partial charge in [0.15, 0.2) is 5.79 Å². The Kier molecular flexibility index (Phi) is 6.94. The van der Waals surface area contributed by atoms with Crippen molar-refractivity contribution in [1.82, 2.24) is 4.72 Å². The van der Waals surface area contributed by atoms with Crippen molar-refractivity contribution in [3.05, 3.63) is 0 Å². The minimum Gasteiger partial charge on any atom is -0.598 e. The van der Waals surface area contributed by atoms with E-state index < -0.39 is 17.1 Å². The molecule has 1 rings (SSSR count). The summed E-state index contributed by atoms with van der Waals surface area (Å²) < 4.78 is 26.2. The number of carbonyl (C=O) groups excluding carboxylic acids is 1. The van der Waals surface area contributed by atoms with Gasteiger partial charge in [-0.1, -0.05) is 6.92 Å². The lowest BCUT2D eigenvalue weighted by atomic mass is 10.0. The van der Waals surface area contributed by atoms with Crippen molar-refractivity contribution in [3.8, 4) is 0 Å². The topological polar surface area (TPSA) is 70.6 Å². The molecule has 0 unspecified atom stereocenters. The number of carbonyl (C=O) groups is 1. The third-order valence-corrected chi connectivity index (χ3v) is 5.10. The van der Waals surface area contributed by atoms with E-state index in [4.69, 9.17) is 9.47 Å². The van der Waals surface area contributed by atoms with Gasteiger partial charge in [0.05, 0.1) is 19.3 Å². The lowest BCUT2D eigenvalue weighted by Gasteiger charge is -2.30. The maximum Gasteiger partial charge on any atom is 0.168 e. The van der Waals surface area contributed by atoms with E-state index in [1.165, 1.54) is 0 Å². The van der Waals surface area contributed by atoms with Crippen LogP contribution in [0.25, 0.3) is 0 Å². The minimum atomic E-state index is -1.18. The van der Waals surface area contributed by atoms with Crippen molar-refractivity contribution in [1.29, 1.82) is 0 Å². The summed E-state index contributed by atoms with van der Waals surface area (Å²) in [5.41, 5.74) is 0. The van der Waals surface area contributed by atoms with E-state index in [0.29, 0.717) is 32.5 Å². The Morgan fingerprint density at radius 1 is 1.40 bits per heavy atom. The number of rotatable bonds is 8. The molecule has 1 fully saturated rings. The highest BCUT2D eigenvalue weighted by atomic mass is 32.2. The molecule has 0 aromatic carbocycles. The number of nitrogens with one attached hydrogen (secondary N) is 1. The van der Waals surface area contributed by atoms with Gasteiger partial charge in [-0.2, -0.15) is 0 Å². The molecule has 6 heteroatoms. The maximum atomic E-state index is 12.1. The quantitative estimate of drug-likeness (QED) is 0.548. The van der Waals surface area contributed by atoms with Crippen LogP contribution in [0.15, 0.2) is 0 Å². The Hall–Kier alpha value is -0.140. The molecule has 2 atom stereocenters. The largest absolute Gasteiger partial charge is 0.598 e. The summed E-state index contributed by atoms with van der Waals surface area (Å²) in [7, 11) is 0. The van der Waals surface area contributed by atoms with Crippen LogP contribution in [0, 0.1) is 0 Å². The molecular weight excluding hydrogens is 278 g/mol. The molecule has 20 heavy (non-hydrogen) atoms. The number of aldehydes is 1. The van der Waals surface area contributed by atoms with Gasteiger partial charge in [0.25, 0.3) is 0 Å². The zero-order valence-electron chi connectivity index (χ0n) is 12.9. The van der Waals surface area contributed by atoms with Gasteiger partial charge in [0.2, 0.25) is 0 Å². The Labute approximate surface area is 125 Å². The molecule has 0 spiro atoms. The van der Waals surface area contributed by atoms with Crippen LogP contribution in [0.1, 0.15) is 53.4 Å². The summed E-state index contributed by atoms with van der Waals surface area (Å²) in [6, 6.07) is -0.108. The second-order valence-corrected chi connectivity index (χ2v) is 8.10. The van der Waals surface area contributed by atoms with Gasteiger partial charge >= 0.3 is 0 Å². The average Bonchev–Trinajstić information content (AvgIpc) is 2.84. The van der Waals surface area contributed by atoms with E-state index in [1.54, 1.807) is 0 Å². The summed E-state index contributed by atoms with van der Waals surface area (Å²) in [5, 5.41) is 0. The van der Waals surface area contributed by atoms with Crippen LogP contribution in [-0.4, -0.2) is 40.6 Å². The van der Waals surface area contributed by atoms with Gasteiger partial charge in [-0.3, -0.25) is 0 Å². The van der Waals surface area contributed by atoms with Gasteiger partial charge in [-0.05, 0) is 33.6 Å². The molecule has 118 valence electrons. The van der Waals surface area contributed by atoms with Gasteiger partial charge in [0, 0.05) is 24.2 Å². The molecular formula is C14H27NO4S. The van der Waals surface area contributed by atoms with E-state index in [0.717, 1.165) is 12.7 Å². The predicted molar refractivity (Wildman–Crippen MR) is 79.7 cm³/mol. The molecule has 0 amide bonds. The van der Waals surface area contributed by atoms with E-state index in [9.17, 15) is 9.35 Å². The molecule has 0 saturated carbocycles. The Bertz CT molecular complexity index is 300. The standard InChI is InChI=1S/C14H27NO4S/c1-5-14(18-10-11-19-14)8-6-12(7-9-16)15-20(17)13(2,3)4/h9,12,15H,5-8,10-11H2,1-4H3/t12-,20-/m0/s1. The summed E-state index contributed by atoms with van der Waals surface area (Å²) in [6.07, 6.45) is 3.40. The second kappa shape index (κ2) is 7.75. The van der Waals surface area contributed by atoms with Crippen LogP contribution in [0.3, 0.4) is 0 Å². The van der Waals surface area contributed by atoms with Crippen LogP contribution in [0.4, 0.5) is 0 Å². The first kappa shape index (κ1) is 17.9. The molecule has 0 aliphatic carbocycles. The van der Waals surface area contributed by atoms with E-state index in [1.807, 2.05) is 27.7 Å². The van der Waals surface area contributed by atoms with Crippen LogP contribution in [0.5, 0.6) is 0 Å². The van der Waals surface area contributed by atoms with Crippen LogP contribution >= 0.6 is 0 Å². The van der Waals surface area contributed by atoms with Crippen molar-refractivity contribution >= 4 is 17.6 Å². The zero-order chi connectivity index (χ0) is 15.2. The first-order valence-corrected chi connectivity index (χ1v) is 8.37. The average molecular weight is 305 g/mol. The number of hydrogen-bond donors (Lipinski definition) is 1. The monoisotopic (exact) mass is 305 g/mol. The summed E-state index contributed by atoms with van der Waals surface area (Å²) >= 11 is -1.18. The van der Waals surface area contributed by atoms with Crippen molar-refractivity contribution in [2.24, 2.45) is 0 Å². The maximum absolute atomic E-state index is 12.1. The zero-order valence-corrected chi connectivity index (χ0v) is 13.8. The van der Waals surface area contributed by atoms with E-state index in [2.05, 4.69) is 4.72 Å². The lowest BCUT2D eigenvalue weighted by Crippen LogP contribution is -2.45. The molecule has 1 aliphatic rings. The summed E-state index contributed by atoms with van der Waals surface area (Å²) in [4.78, 5) is 10.8. The van der Waals surface area contributed by atoms with Crippen LogP contribution in [-0.2, 0) is 25.6 Å². The van der Waals surface area contributed by atoms with Crippen LogP contribution < -0.4 is 4.72 Å². The molecule has 1 heterocycles. The predicted octanol–water partition coefficient (Wildman–Crippen LogP) is 1.93. The molecule has 0 aromatic heterocycles. The Balaban J connectivity index is 2.52. The third-order valence-electron chi connectivity index (χ3n) is 3.44. The minimum absolute atomic E-state index is 0.108. The fourth-order valence-electron chi connectivity index (χ4n) is 2.09. The van der Waals surface area contributed by atoms with Crippen molar-refractivity contribution in [3.63, 3.8) is 0 Å². The van der Waals surface area contributed by atoms with Crippen LogP contribution in [0.2, 0.25) is 0 Å². The normalized spacial score (nSPS) is 21.6. The van der Waals surface area contributed by atoms with Gasteiger partial charge < -0.3 is 18.8 Å². The molecule has 0 bridgehead atoms. The fraction of sp³-hybridized carbons (Fsp3) is 0.929. The molecule has 1 aliphatic heterocycles. The Morgan fingerprint density at radius 2 is 2.00 bits per heavy atom. The van der Waals surface area contributed by atoms with E-state index >= 15 is 0 Å². The van der Waals surface area contributed by atoms with E-state index in [-0.39, 0.29) is 10.8 Å². The van der Waals surface area contributed by atoms with Crippen molar-refractivity contribution in [2.75, 3.05) is 13.2 Å².